The lowest BCUT2D eigenvalue weighted by Gasteiger charge is -2.19. The molecule has 0 aliphatic carbocycles. The van der Waals surface area contributed by atoms with E-state index in [-0.39, 0.29) is 11.3 Å². The Bertz CT molecular complexity index is 432. The number of hydrogen-bond donors (Lipinski definition) is 1. The standard InChI is InChI=1S/C11H12ClF2NO2/c1-6-4-7(10(16)11(12,13)14)9(17-3)5-8(6)15-2/h4-5,10,16H,2H2,1,3H3. The van der Waals surface area contributed by atoms with Crippen LogP contribution in [0.5, 0.6) is 5.75 Å². The fourth-order valence-electron chi connectivity index (χ4n) is 1.44. The maximum atomic E-state index is 12.9. The van der Waals surface area contributed by atoms with Crippen LogP contribution in [0.25, 0.3) is 0 Å². The van der Waals surface area contributed by atoms with E-state index < -0.39 is 11.5 Å². The third-order valence-electron chi connectivity index (χ3n) is 2.32. The first-order chi connectivity index (χ1) is 7.81. The lowest BCUT2D eigenvalue weighted by atomic mass is 10.0. The summed E-state index contributed by atoms with van der Waals surface area (Å²) in [4.78, 5) is 3.71. The Labute approximate surface area is 103 Å². The number of ether oxygens (including phenoxy) is 1. The summed E-state index contributed by atoms with van der Waals surface area (Å²) < 4.78 is 30.6. The topological polar surface area (TPSA) is 41.8 Å². The zero-order chi connectivity index (χ0) is 13.2. The summed E-state index contributed by atoms with van der Waals surface area (Å²) in [6.07, 6.45) is -2.14. The van der Waals surface area contributed by atoms with Gasteiger partial charge in [0.15, 0.2) is 6.10 Å². The number of rotatable bonds is 4. The van der Waals surface area contributed by atoms with Crippen LogP contribution in [0.15, 0.2) is 17.1 Å². The molecule has 0 amide bonds. The van der Waals surface area contributed by atoms with Gasteiger partial charge in [-0.15, -0.1) is 0 Å². The maximum absolute atomic E-state index is 12.9. The minimum absolute atomic E-state index is 0.0857. The van der Waals surface area contributed by atoms with Crippen molar-refractivity contribution in [2.24, 2.45) is 4.99 Å². The third kappa shape index (κ3) is 2.92. The SMILES string of the molecule is C=Nc1cc(OC)c(C(O)C(F)(F)Cl)cc1C. The van der Waals surface area contributed by atoms with Crippen LogP contribution in [0.3, 0.4) is 0 Å². The number of alkyl halides is 3. The molecule has 1 unspecified atom stereocenters. The van der Waals surface area contributed by atoms with Gasteiger partial charge in [-0.05, 0) is 36.9 Å². The molecule has 0 aliphatic rings. The van der Waals surface area contributed by atoms with Gasteiger partial charge in [-0.1, -0.05) is 0 Å². The van der Waals surface area contributed by atoms with Gasteiger partial charge >= 0.3 is 5.38 Å². The molecule has 6 heteroatoms. The highest BCUT2D eigenvalue weighted by molar-refractivity contribution is 6.22. The van der Waals surface area contributed by atoms with Gasteiger partial charge in [-0.3, -0.25) is 4.99 Å². The average Bonchev–Trinajstić information content (AvgIpc) is 2.26. The first kappa shape index (κ1) is 13.9. The van der Waals surface area contributed by atoms with E-state index in [4.69, 9.17) is 16.3 Å². The Morgan fingerprint density at radius 1 is 1.53 bits per heavy atom. The minimum atomic E-state index is -3.76. The zero-order valence-corrected chi connectivity index (χ0v) is 10.1. The normalized spacial score (nSPS) is 13.3. The smallest absolute Gasteiger partial charge is 0.351 e. The number of aliphatic hydroxyl groups excluding tert-OH is 1. The molecule has 1 aromatic rings. The van der Waals surface area contributed by atoms with Crippen LogP contribution in [0.1, 0.15) is 17.2 Å². The lowest BCUT2D eigenvalue weighted by molar-refractivity contribution is -0.0434. The highest BCUT2D eigenvalue weighted by Crippen LogP contribution is 2.41. The molecule has 17 heavy (non-hydrogen) atoms. The van der Waals surface area contributed by atoms with E-state index >= 15 is 0 Å². The molecule has 0 fully saturated rings. The minimum Gasteiger partial charge on any atom is -0.496 e. The fraction of sp³-hybridized carbons (Fsp3) is 0.364. The average molecular weight is 264 g/mol. The second-order valence-electron chi connectivity index (χ2n) is 3.48. The van der Waals surface area contributed by atoms with Crippen molar-refractivity contribution < 1.29 is 18.6 Å². The van der Waals surface area contributed by atoms with Crippen molar-refractivity contribution in [2.75, 3.05) is 7.11 Å². The van der Waals surface area contributed by atoms with Crippen molar-refractivity contribution in [3.63, 3.8) is 0 Å². The van der Waals surface area contributed by atoms with Crippen LogP contribution < -0.4 is 4.74 Å². The van der Waals surface area contributed by atoms with Crippen molar-refractivity contribution in [2.45, 2.75) is 18.4 Å². The molecule has 0 bridgehead atoms. The summed E-state index contributed by atoms with van der Waals surface area (Å²) in [5.74, 6) is 0.0887. The monoisotopic (exact) mass is 263 g/mol. The van der Waals surface area contributed by atoms with Crippen LogP contribution in [-0.4, -0.2) is 24.3 Å². The number of aliphatic imine (C=N–C) groups is 1. The summed E-state index contributed by atoms with van der Waals surface area (Å²) >= 11 is 4.80. The van der Waals surface area contributed by atoms with Gasteiger partial charge in [0, 0.05) is 11.6 Å². The van der Waals surface area contributed by atoms with E-state index in [0.717, 1.165) is 0 Å². The van der Waals surface area contributed by atoms with Gasteiger partial charge < -0.3 is 9.84 Å². The predicted octanol–water partition coefficient (Wildman–Crippen LogP) is 3.20. The number of nitrogens with zero attached hydrogens (tertiary/aromatic N) is 1. The number of aliphatic hydroxyl groups is 1. The number of halogens is 3. The van der Waals surface area contributed by atoms with Crippen LogP contribution >= 0.6 is 11.6 Å². The summed E-state index contributed by atoms with van der Waals surface area (Å²) in [6.45, 7) is 5.01. The molecule has 94 valence electrons. The molecule has 0 saturated heterocycles. The Balaban J connectivity index is 3.33. The number of hydrogen-bond acceptors (Lipinski definition) is 3. The first-order valence-corrected chi connectivity index (χ1v) is 5.09. The first-order valence-electron chi connectivity index (χ1n) is 4.71. The largest absolute Gasteiger partial charge is 0.496 e. The van der Waals surface area contributed by atoms with Crippen molar-refractivity contribution >= 4 is 24.0 Å². The van der Waals surface area contributed by atoms with Gasteiger partial charge in [0.25, 0.3) is 0 Å². The highest BCUT2D eigenvalue weighted by Gasteiger charge is 2.38. The van der Waals surface area contributed by atoms with Gasteiger partial charge in [0.1, 0.15) is 5.75 Å². The second kappa shape index (κ2) is 4.98. The van der Waals surface area contributed by atoms with E-state index in [0.29, 0.717) is 11.3 Å². The number of methoxy groups -OCH3 is 1. The highest BCUT2D eigenvalue weighted by atomic mass is 35.5. The van der Waals surface area contributed by atoms with Crippen LogP contribution in [0.2, 0.25) is 0 Å². The van der Waals surface area contributed by atoms with E-state index in [2.05, 4.69) is 11.7 Å². The van der Waals surface area contributed by atoms with Crippen molar-refractivity contribution in [3.8, 4) is 5.75 Å². The lowest BCUT2D eigenvalue weighted by Crippen LogP contribution is -2.19. The molecular weight excluding hydrogens is 252 g/mol. The molecule has 1 atom stereocenters. The Kier molecular flexibility index (Phi) is 4.06. The van der Waals surface area contributed by atoms with Crippen molar-refractivity contribution in [3.05, 3.63) is 23.3 Å². The van der Waals surface area contributed by atoms with Gasteiger partial charge in [-0.25, -0.2) is 0 Å². The van der Waals surface area contributed by atoms with Gasteiger partial charge in [0.05, 0.1) is 12.8 Å². The number of benzene rings is 1. The van der Waals surface area contributed by atoms with Crippen LogP contribution in [-0.2, 0) is 0 Å². The van der Waals surface area contributed by atoms with Crippen molar-refractivity contribution in [1.29, 1.82) is 0 Å². The van der Waals surface area contributed by atoms with Crippen molar-refractivity contribution in [1.82, 2.24) is 0 Å². The quantitative estimate of drug-likeness (QED) is 0.669. The summed E-state index contributed by atoms with van der Waals surface area (Å²) in [5.41, 5.74) is 1.00. The molecule has 1 N–H and O–H groups in total. The fourth-order valence-corrected chi connectivity index (χ4v) is 1.55. The molecule has 0 aromatic heterocycles. The number of aryl methyl sites for hydroxylation is 1. The molecule has 1 rings (SSSR count). The molecular formula is C11H12ClF2NO2. The summed E-state index contributed by atoms with van der Waals surface area (Å²) in [7, 11) is 1.31. The molecule has 0 heterocycles. The Hall–Kier alpha value is -1.20. The Morgan fingerprint density at radius 3 is 2.53 bits per heavy atom. The van der Waals surface area contributed by atoms with Gasteiger partial charge in [0.2, 0.25) is 0 Å². The van der Waals surface area contributed by atoms with E-state index in [1.165, 1.54) is 19.2 Å². The summed E-state index contributed by atoms with van der Waals surface area (Å²) in [5, 5.41) is 5.69. The maximum Gasteiger partial charge on any atom is 0.351 e. The second-order valence-corrected chi connectivity index (χ2v) is 3.99. The van der Waals surface area contributed by atoms with E-state index in [1.54, 1.807) is 6.92 Å². The molecule has 0 spiro atoms. The molecule has 0 radical (unpaired) electrons. The zero-order valence-electron chi connectivity index (χ0n) is 9.38. The van der Waals surface area contributed by atoms with E-state index in [9.17, 15) is 13.9 Å². The Morgan fingerprint density at radius 2 is 2.12 bits per heavy atom. The van der Waals surface area contributed by atoms with E-state index in [1.807, 2.05) is 0 Å². The summed E-state index contributed by atoms with van der Waals surface area (Å²) in [6, 6.07) is 2.77. The van der Waals surface area contributed by atoms with Crippen LogP contribution in [0, 0.1) is 6.92 Å². The van der Waals surface area contributed by atoms with Gasteiger partial charge in [-0.2, -0.15) is 8.78 Å². The molecule has 0 aliphatic heterocycles. The molecule has 0 saturated carbocycles. The van der Waals surface area contributed by atoms with Crippen LogP contribution in [0.4, 0.5) is 14.5 Å². The molecule has 3 nitrogen and oxygen atoms in total. The predicted molar refractivity (Wildman–Crippen MR) is 62.7 cm³/mol. The molecule has 1 aromatic carbocycles. The third-order valence-corrected chi connectivity index (χ3v) is 2.53.